The summed E-state index contributed by atoms with van der Waals surface area (Å²) in [6.07, 6.45) is 0.576. The second kappa shape index (κ2) is 5.39. The quantitative estimate of drug-likeness (QED) is 0.463. The van der Waals surface area contributed by atoms with Crippen molar-refractivity contribution < 1.29 is 14.6 Å². The van der Waals surface area contributed by atoms with Crippen molar-refractivity contribution in [3.63, 3.8) is 0 Å². The average molecular weight is 223 g/mol. The number of carbonyl (C=O) groups excluding carboxylic acids is 1. The zero-order valence-electron chi connectivity index (χ0n) is 9.56. The van der Waals surface area contributed by atoms with Crippen LogP contribution in [0.4, 0.5) is 5.69 Å². The highest BCUT2D eigenvalue weighted by atomic mass is 16.5. The van der Waals surface area contributed by atoms with Crippen LogP contribution in [-0.4, -0.2) is 17.7 Å². The highest BCUT2D eigenvalue weighted by molar-refractivity contribution is 5.71. The summed E-state index contributed by atoms with van der Waals surface area (Å²) in [7, 11) is 0. The lowest BCUT2D eigenvalue weighted by Gasteiger charge is -2.07. The Morgan fingerprint density at radius 3 is 2.75 bits per heavy atom. The summed E-state index contributed by atoms with van der Waals surface area (Å²) in [5, 5.41) is 9.36. The van der Waals surface area contributed by atoms with Crippen molar-refractivity contribution in [2.75, 3.05) is 12.3 Å². The van der Waals surface area contributed by atoms with Gasteiger partial charge in [-0.25, -0.2) is 0 Å². The van der Waals surface area contributed by atoms with Gasteiger partial charge in [-0.15, -0.1) is 0 Å². The summed E-state index contributed by atoms with van der Waals surface area (Å²) in [5.41, 5.74) is 6.71. The van der Waals surface area contributed by atoms with Crippen molar-refractivity contribution in [2.24, 2.45) is 5.92 Å². The second-order valence-electron chi connectivity index (χ2n) is 3.97. The molecule has 0 amide bonds. The number of phenols is 1. The molecule has 0 aliphatic heterocycles. The number of phenolic OH excluding ortho intramolecular Hbond substituents is 1. The van der Waals surface area contributed by atoms with E-state index in [4.69, 9.17) is 10.5 Å². The average Bonchev–Trinajstić information content (AvgIpc) is 2.23. The van der Waals surface area contributed by atoms with E-state index in [0.717, 1.165) is 5.56 Å². The molecule has 0 aromatic heterocycles. The molecule has 1 aromatic rings. The predicted molar refractivity (Wildman–Crippen MR) is 62.0 cm³/mol. The third kappa shape index (κ3) is 3.46. The Morgan fingerprint density at radius 1 is 1.50 bits per heavy atom. The van der Waals surface area contributed by atoms with Crippen molar-refractivity contribution in [1.29, 1.82) is 0 Å². The van der Waals surface area contributed by atoms with Crippen molar-refractivity contribution in [3.05, 3.63) is 23.8 Å². The molecule has 0 saturated heterocycles. The Morgan fingerprint density at radius 2 is 2.19 bits per heavy atom. The summed E-state index contributed by atoms with van der Waals surface area (Å²) in [6.45, 7) is 3.90. The summed E-state index contributed by atoms with van der Waals surface area (Å²) >= 11 is 0. The molecule has 3 N–H and O–H groups in total. The van der Waals surface area contributed by atoms with Crippen molar-refractivity contribution in [3.8, 4) is 5.75 Å². The van der Waals surface area contributed by atoms with Crippen molar-refractivity contribution >= 4 is 11.7 Å². The Bertz CT molecular complexity index is 375. The van der Waals surface area contributed by atoms with Gasteiger partial charge in [0.2, 0.25) is 0 Å². The molecule has 0 atom stereocenters. The minimum Gasteiger partial charge on any atom is -0.506 e. The second-order valence-corrected chi connectivity index (χ2v) is 3.97. The lowest BCUT2D eigenvalue weighted by molar-refractivity contribution is -0.147. The fourth-order valence-corrected chi connectivity index (χ4v) is 1.18. The van der Waals surface area contributed by atoms with Crippen molar-refractivity contribution in [1.82, 2.24) is 0 Å². The zero-order chi connectivity index (χ0) is 12.1. The van der Waals surface area contributed by atoms with E-state index in [0.29, 0.717) is 18.7 Å². The van der Waals surface area contributed by atoms with Gasteiger partial charge in [-0.3, -0.25) is 4.79 Å². The minimum absolute atomic E-state index is 0.0627. The van der Waals surface area contributed by atoms with Gasteiger partial charge in [0, 0.05) is 6.42 Å². The van der Waals surface area contributed by atoms with Crippen LogP contribution in [0.5, 0.6) is 5.75 Å². The molecular formula is C12H17NO3. The number of nitrogen functional groups attached to an aromatic ring is 1. The SMILES string of the molecule is CC(C)C(=O)OCCc1ccc(N)c(O)c1. The Kier molecular flexibility index (Phi) is 4.17. The van der Waals surface area contributed by atoms with Crippen LogP contribution in [0, 0.1) is 5.92 Å². The Hall–Kier alpha value is -1.71. The topological polar surface area (TPSA) is 72.5 Å². The van der Waals surface area contributed by atoms with Gasteiger partial charge in [-0.2, -0.15) is 0 Å². The lowest BCUT2D eigenvalue weighted by Crippen LogP contribution is -2.13. The van der Waals surface area contributed by atoms with E-state index >= 15 is 0 Å². The van der Waals surface area contributed by atoms with Gasteiger partial charge < -0.3 is 15.6 Å². The first kappa shape index (κ1) is 12.4. The number of ether oxygens (including phenoxy) is 1. The molecule has 0 heterocycles. The number of aromatic hydroxyl groups is 1. The monoisotopic (exact) mass is 223 g/mol. The largest absolute Gasteiger partial charge is 0.506 e. The van der Waals surface area contributed by atoms with Crippen LogP contribution < -0.4 is 5.73 Å². The number of hydrogen-bond donors (Lipinski definition) is 2. The van der Waals surface area contributed by atoms with Gasteiger partial charge in [0.1, 0.15) is 5.75 Å². The third-order valence-electron chi connectivity index (χ3n) is 2.20. The highest BCUT2D eigenvalue weighted by Gasteiger charge is 2.07. The van der Waals surface area contributed by atoms with E-state index in [1.165, 1.54) is 0 Å². The molecule has 0 unspecified atom stereocenters. The van der Waals surface area contributed by atoms with Gasteiger partial charge >= 0.3 is 5.97 Å². The van der Waals surface area contributed by atoms with Crippen LogP contribution in [0.1, 0.15) is 19.4 Å². The third-order valence-corrected chi connectivity index (χ3v) is 2.20. The van der Waals surface area contributed by atoms with Gasteiger partial charge in [0.15, 0.2) is 0 Å². The van der Waals surface area contributed by atoms with Gasteiger partial charge in [-0.05, 0) is 17.7 Å². The molecule has 1 aromatic carbocycles. The molecule has 4 nitrogen and oxygen atoms in total. The molecule has 1 rings (SSSR count). The van der Waals surface area contributed by atoms with Crippen LogP contribution >= 0.6 is 0 Å². The summed E-state index contributed by atoms with van der Waals surface area (Å²) < 4.78 is 5.03. The van der Waals surface area contributed by atoms with Crippen molar-refractivity contribution in [2.45, 2.75) is 20.3 Å². The highest BCUT2D eigenvalue weighted by Crippen LogP contribution is 2.20. The maximum atomic E-state index is 11.2. The number of carbonyl (C=O) groups is 1. The summed E-state index contributed by atoms with van der Waals surface area (Å²) in [6, 6.07) is 5.02. The maximum absolute atomic E-state index is 11.2. The smallest absolute Gasteiger partial charge is 0.308 e. The van der Waals surface area contributed by atoms with Crippen LogP contribution in [0.2, 0.25) is 0 Å². The molecule has 0 radical (unpaired) electrons. The number of anilines is 1. The maximum Gasteiger partial charge on any atom is 0.308 e. The van der Waals surface area contributed by atoms with E-state index in [1.807, 2.05) is 0 Å². The molecule has 4 heteroatoms. The van der Waals surface area contributed by atoms with Gasteiger partial charge in [0.05, 0.1) is 18.2 Å². The van der Waals surface area contributed by atoms with E-state index < -0.39 is 0 Å². The first-order valence-corrected chi connectivity index (χ1v) is 5.24. The minimum atomic E-state index is -0.209. The fraction of sp³-hybridized carbons (Fsp3) is 0.417. The standard InChI is InChI=1S/C12H17NO3/c1-8(2)12(15)16-6-5-9-3-4-10(13)11(14)7-9/h3-4,7-8,14H,5-6,13H2,1-2H3. The van der Waals surface area contributed by atoms with Gasteiger partial charge in [0.25, 0.3) is 0 Å². The van der Waals surface area contributed by atoms with E-state index in [-0.39, 0.29) is 17.6 Å². The Labute approximate surface area is 95.0 Å². The van der Waals surface area contributed by atoms with Crippen LogP contribution in [0.25, 0.3) is 0 Å². The summed E-state index contributed by atoms with van der Waals surface area (Å²) in [4.78, 5) is 11.2. The van der Waals surface area contributed by atoms with E-state index in [1.54, 1.807) is 32.0 Å². The van der Waals surface area contributed by atoms with Crippen LogP contribution in [0.3, 0.4) is 0 Å². The lowest BCUT2D eigenvalue weighted by atomic mass is 10.1. The first-order chi connectivity index (χ1) is 7.50. The normalized spacial score (nSPS) is 10.4. The predicted octanol–water partition coefficient (Wildman–Crippen LogP) is 1.72. The number of rotatable bonds is 4. The Balaban J connectivity index is 2.43. The molecule has 88 valence electrons. The number of esters is 1. The molecule has 0 spiro atoms. The molecule has 0 aliphatic rings. The number of hydrogen-bond acceptors (Lipinski definition) is 4. The molecule has 0 bridgehead atoms. The molecule has 0 saturated carbocycles. The molecule has 0 aliphatic carbocycles. The van der Waals surface area contributed by atoms with Crippen LogP contribution in [-0.2, 0) is 16.0 Å². The fourth-order valence-electron chi connectivity index (χ4n) is 1.18. The number of nitrogens with two attached hydrogens (primary N) is 1. The molecule has 16 heavy (non-hydrogen) atoms. The molecular weight excluding hydrogens is 206 g/mol. The number of benzene rings is 1. The zero-order valence-corrected chi connectivity index (χ0v) is 9.56. The molecule has 0 fully saturated rings. The first-order valence-electron chi connectivity index (χ1n) is 5.24. The summed E-state index contributed by atoms with van der Waals surface area (Å²) in [5.74, 6) is -0.257. The van der Waals surface area contributed by atoms with Crippen LogP contribution in [0.15, 0.2) is 18.2 Å². The van der Waals surface area contributed by atoms with E-state index in [2.05, 4.69) is 0 Å². The van der Waals surface area contributed by atoms with E-state index in [9.17, 15) is 9.90 Å². The van der Waals surface area contributed by atoms with Gasteiger partial charge in [-0.1, -0.05) is 19.9 Å².